The molecular weight excluding hydrogens is 564 g/mol. The predicted molar refractivity (Wildman–Crippen MR) is 125 cm³/mol. The third kappa shape index (κ3) is 11.3. The van der Waals surface area contributed by atoms with Crippen molar-refractivity contribution in [1.29, 1.82) is 0 Å². The number of carboxylic acids is 2. The molecule has 0 aromatic carbocycles. The standard InChI is InChI=1S/C18H29N3O3S.2C2HF3O2/c1-3-10-25(22,23)21-14-18(15-21)11-16(7-9-20(18)2)12-24-13-17-6-4-5-8-19-17;2*3-2(4,5)1(6)7/h4-6,8,16H,3,7,9-15H2,1-2H3;2*(H,6,7). The lowest BCUT2D eigenvalue weighted by atomic mass is 9.77. The van der Waals surface area contributed by atoms with Gasteiger partial charge in [-0.15, -0.1) is 0 Å². The van der Waals surface area contributed by atoms with Crippen LogP contribution in [0.25, 0.3) is 0 Å². The molecule has 1 atom stereocenters. The van der Waals surface area contributed by atoms with Crippen LogP contribution in [0.15, 0.2) is 24.4 Å². The summed E-state index contributed by atoms with van der Waals surface area (Å²) in [5.41, 5.74) is 0.948. The predicted octanol–water partition coefficient (Wildman–Crippen LogP) is 3.00. The third-order valence-corrected chi connectivity index (χ3v) is 7.93. The molecule has 3 rings (SSSR count). The number of piperidine rings is 1. The minimum Gasteiger partial charge on any atom is -0.475 e. The zero-order valence-electron chi connectivity index (χ0n) is 21.2. The van der Waals surface area contributed by atoms with Crippen LogP contribution in [0.3, 0.4) is 0 Å². The summed E-state index contributed by atoms with van der Waals surface area (Å²) in [5, 5.41) is 14.2. The molecule has 0 aliphatic carbocycles. The van der Waals surface area contributed by atoms with E-state index in [4.69, 9.17) is 24.5 Å². The van der Waals surface area contributed by atoms with Crippen LogP contribution in [-0.2, 0) is 31.0 Å². The first-order chi connectivity index (χ1) is 17.8. The number of halogens is 6. The molecule has 2 fully saturated rings. The van der Waals surface area contributed by atoms with Crippen molar-refractivity contribution in [2.24, 2.45) is 5.92 Å². The van der Waals surface area contributed by atoms with E-state index in [2.05, 4.69) is 16.9 Å². The van der Waals surface area contributed by atoms with Gasteiger partial charge < -0.3 is 14.9 Å². The van der Waals surface area contributed by atoms with Gasteiger partial charge in [0.25, 0.3) is 0 Å². The highest BCUT2D eigenvalue weighted by Gasteiger charge is 2.52. The van der Waals surface area contributed by atoms with Crippen molar-refractivity contribution in [1.82, 2.24) is 14.2 Å². The van der Waals surface area contributed by atoms with Gasteiger partial charge in [-0.1, -0.05) is 13.0 Å². The van der Waals surface area contributed by atoms with Gasteiger partial charge in [0.1, 0.15) is 0 Å². The maximum Gasteiger partial charge on any atom is 0.490 e. The summed E-state index contributed by atoms with van der Waals surface area (Å²) >= 11 is 0. The molecule has 1 aromatic heterocycles. The lowest BCUT2D eigenvalue weighted by Gasteiger charge is -2.57. The van der Waals surface area contributed by atoms with Gasteiger partial charge in [0.2, 0.25) is 10.0 Å². The smallest absolute Gasteiger partial charge is 0.475 e. The first kappa shape index (κ1) is 34.5. The van der Waals surface area contributed by atoms with Crippen LogP contribution in [0.1, 0.15) is 31.9 Å². The second-order valence-electron chi connectivity index (χ2n) is 9.03. The van der Waals surface area contributed by atoms with Gasteiger partial charge >= 0.3 is 24.3 Å². The van der Waals surface area contributed by atoms with Crippen molar-refractivity contribution < 1.29 is 59.3 Å². The average molecular weight is 596 g/mol. The number of ether oxygens (including phenoxy) is 1. The fourth-order valence-electron chi connectivity index (χ4n) is 3.93. The first-order valence-corrected chi connectivity index (χ1v) is 13.2. The van der Waals surface area contributed by atoms with E-state index in [1.54, 1.807) is 10.5 Å². The Morgan fingerprint density at radius 2 is 1.64 bits per heavy atom. The molecule has 2 N–H and O–H groups in total. The zero-order chi connectivity index (χ0) is 30.1. The molecular formula is C22H31F6N3O7S. The second kappa shape index (κ2) is 14.2. The maximum atomic E-state index is 12.2. The summed E-state index contributed by atoms with van der Waals surface area (Å²) < 4.78 is 95.5. The molecule has 0 bridgehead atoms. The first-order valence-electron chi connectivity index (χ1n) is 11.6. The number of pyridine rings is 1. The quantitative estimate of drug-likeness (QED) is 0.456. The van der Waals surface area contributed by atoms with Crippen LogP contribution in [0, 0.1) is 5.92 Å². The highest BCUT2D eigenvalue weighted by molar-refractivity contribution is 7.89. The summed E-state index contributed by atoms with van der Waals surface area (Å²) in [7, 11) is -0.956. The zero-order valence-corrected chi connectivity index (χ0v) is 22.0. The Hall–Kier alpha value is -2.50. The van der Waals surface area contributed by atoms with E-state index >= 15 is 0 Å². The van der Waals surface area contributed by atoms with E-state index in [9.17, 15) is 34.8 Å². The Morgan fingerprint density at radius 3 is 2.08 bits per heavy atom. The van der Waals surface area contributed by atoms with Gasteiger partial charge in [0.05, 0.1) is 24.7 Å². The maximum absolute atomic E-state index is 12.2. The molecule has 39 heavy (non-hydrogen) atoms. The fourth-order valence-corrected chi connectivity index (χ4v) is 5.58. The van der Waals surface area contributed by atoms with E-state index in [-0.39, 0.29) is 11.3 Å². The van der Waals surface area contributed by atoms with Crippen molar-refractivity contribution >= 4 is 22.0 Å². The Kier molecular flexibility index (Phi) is 12.6. The molecule has 224 valence electrons. The number of nitrogens with zero attached hydrogens (tertiary/aromatic N) is 3. The Bertz CT molecular complexity index is 1010. The van der Waals surface area contributed by atoms with Gasteiger partial charge in [-0.2, -0.15) is 30.6 Å². The summed E-state index contributed by atoms with van der Waals surface area (Å²) in [4.78, 5) is 24.4. The Morgan fingerprint density at radius 1 is 1.10 bits per heavy atom. The lowest BCUT2D eigenvalue weighted by molar-refractivity contribution is -0.193. The molecule has 2 saturated heterocycles. The number of aliphatic carboxylic acids is 2. The van der Waals surface area contributed by atoms with E-state index in [0.29, 0.717) is 38.6 Å². The lowest BCUT2D eigenvalue weighted by Crippen LogP contribution is -2.72. The van der Waals surface area contributed by atoms with Gasteiger partial charge in [-0.05, 0) is 50.9 Å². The van der Waals surface area contributed by atoms with Crippen LogP contribution >= 0.6 is 0 Å². The van der Waals surface area contributed by atoms with Gasteiger partial charge in [-0.25, -0.2) is 18.0 Å². The van der Waals surface area contributed by atoms with Crippen molar-refractivity contribution in [3.63, 3.8) is 0 Å². The molecule has 0 amide bonds. The number of carboxylic acid groups (broad SMARTS) is 2. The molecule has 0 radical (unpaired) electrons. The third-order valence-electron chi connectivity index (χ3n) is 5.96. The summed E-state index contributed by atoms with van der Waals surface area (Å²) in [6.45, 7) is 5.42. The molecule has 1 unspecified atom stereocenters. The van der Waals surface area contributed by atoms with Crippen molar-refractivity contribution in [3.8, 4) is 0 Å². The highest BCUT2D eigenvalue weighted by atomic mass is 32.2. The number of likely N-dealkylation sites (N-methyl/N-ethyl adjacent to an activating group) is 1. The Balaban J connectivity index is 0.000000449. The van der Waals surface area contributed by atoms with E-state index in [0.717, 1.165) is 25.1 Å². The topological polar surface area (TPSA) is 137 Å². The molecule has 1 aromatic rings. The highest BCUT2D eigenvalue weighted by Crippen LogP contribution is 2.39. The van der Waals surface area contributed by atoms with E-state index in [1.165, 1.54) is 0 Å². The van der Waals surface area contributed by atoms with Gasteiger partial charge in [-0.3, -0.25) is 9.88 Å². The molecule has 2 aliphatic rings. The number of aromatic nitrogens is 1. The van der Waals surface area contributed by atoms with Crippen LogP contribution < -0.4 is 0 Å². The van der Waals surface area contributed by atoms with Crippen LogP contribution in [0.4, 0.5) is 26.3 Å². The molecule has 3 heterocycles. The number of alkyl halides is 6. The number of hydrogen-bond acceptors (Lipinski definition) is 7. The number of likely N-dealkylation sites (tertiary alicyclic amines) is 1. The number of sulfonamides is 1. The summed E-state index contributed by atoms with van der Waals surface area (Å²) in [5.74, 6) is -4.78. The van der Waals surface area contributed by atoms with E-state index < -0.39 is 34.3 Å². The number of hydrogen-bond donors (Lipinski definition) is 2. The van der Waals surface area contributed by atoms with E-state index in [1.807, 2.05) is 25.1 Å². The van der Waals surface area contributed by atoms with Crippen molar-refractivity contribution in [2.45, 2.75) is 50.7 Å². The molecule has 2 aliphatic heterocycles. The van der Waals surface area contributed by atoms with Crippen molar-refractivity contribution in [2.75, 3.05) is 39.0 Å². The molecule has 17 heteroatoms. The molecule has 10 nitrogen and oxygen atoms in total. The fraction of sp³-hybridized carbons (Fsp3) is 0.682. The SMILES string of the molecule is CCCS(=O)(=O)N1CC2(CC(COCc3ccccn3)CCN2C)C1.O=C(O)C(F)(F)F.O=C(O)C(F)(F)F. The minimum atomic E-state index is -5.08. The minimum absolute atomic E-state index is 0.00190. The van der Waals surface area contributed by atoms with Crippen LogP contribution in [-0.4, -0.2) is 102 Å². The monoisotopic (exact) mass is 595 g/mol. The van der Waals surface area contributed by atoms with Crippen LogP contribution in [0.2, 0.25) is 0 Å². The average Bonchev–Trinajstić information content (AvgIpc) is 2.79. The normalized spacial score (nSPS) is 19.6. The summed E-state index contributed by atoms with van der Waals surface area (Å²) in [6, 6.07) is 5.84. The van der Waals surface area contributed by atoms with Crippen LogP contribution in [0.5, 0.6) is 0 Å². The van der Waals surface area contributed by atoms with Gasteiger partial charge in [0, 0.05) is 24.8 Å². The summed E-state index contributed by atoms with van der Waals surface area (Å²) in [6.07, 6.45) is -5.61. The largest absolute Gasteiger partial charge is 0.490 e. The second-order valence-corrected chi connectivity index (χ2v) is 11.1. The molecule has 1 spiro atoms. The van der Waals surface area contributed by atoms with Gasteiger partial charge in [0.15, 0.2) is 0 Å². The molecule has 0 saturated carbocycles. The number of rotatable bonds is 7. The Labute approximate surface area is 221 Å². The van der Waals surface area contributed by atoms with Crippen molar-refractivity contribution in [3.05, 3.63) is 30.1 Å². The number of carbonyl (C=O) groups is 2.